The van der Waals surface area contributed by atoms with Crippen molar-refractivity contribution in [3.05, 3.63) is 0 Å². The molecule has 1 unspecified atom stereocenters. The van der Waals surface area contributed by atoms with Crippen molar-refractivity contribution in [1.82, 2.24) is 15.5 Å². The van der Waals surface area contributed by atoms with Crippen molar-refractivity contribution in [2.45, 2.75) is 50.6 Å². The highest BCUT2D eigenvalue weighted by Gasteiger charge is 2.21. The number of carbonyl (C=O) groups excluding carboxylic acids is 1. The van der Waals surface area contributed by atoms with Crippen LogP contribution in [0.25, 0.3) is 0 Å². The summed E-state index contributed by atoms with van der Waals surface area (Å²) in [6.07, 6.45) is 7.85. The Morgan fingerprint density at radius 3 is 2.64 bits per heavy atom. The van der Waals surface area contributed by atoms with Crippen LogP contribution in [0.3, 0.4) is 0 Å². The van der Waals surface area contributed by atoms with E-state index in [0.717, 1.165) is 32.1 Å². The van der Waals surface area contributed by atoms with Crippen molar-refractivity contribution in [3.63, 3.8) is 0 Å². The Kier molecular flexibility index (Phi) is 12.3. The molecule has 1 aliphatic carbocycles. The first-order valence-corrected chi connectivity index (χ1v) is 8.06. The van der Waals surface area contributed by atoms with Crippen LogP contribution in [-0.4, -0.2) is 62.8 Å². The predicted molar refractivity (Wildman–Crippen MR) is 94.2 cm³/mol. The molecule has 2 rings (SSSR count). The molecule has 0 aromatic rings. The largest absolute Gasteiger partial charge is 0.378 e. The fourth-order valence-corrected chi connectivity index (χ4v) is 3.10. The molecule has 0 aromatic heterocycles. The van der Waals surface area contributed by atoms with E-state index < -0.39 is 0 Å². The van der Waals surface area contributed by atoms with Gasteiger partial charge in [0.2, 0.25) is 5.91 Å². The highest BCUT2D eigenvalue weighted by molar-refractivity contribution is 5.85. The molecule has 7 heteroatoms. The SMILES string of the molecule is CN(CCCNC(=O)C1COCCN1)C1CCCCC1.Cl.Cl. The van der Waals surface area contributed by atoms with Crippen LogP contribution in [0.15, 0.2) is 0 Å². The molecule has 1 saturated carbocycles. The van der Waals surface area contributed by atoms with E-state index >= 15 is 0 Å². The number of rotatable bonds is 6. The Morgan fingerprint density at radius 2 is 2.00 bits per heavy atom. The average molecular weight is 356 g/mol. The number of morpholine rings is 1. The van der Waals surface area contributed by atoms with Gasteiger partial charge in [-0.05, 0) is 32.9 Å². The van der Waals surface area contributed by atoms with Crippen LogP contribution in [0.2, 0.25) is 0 Å². The fourth-order valence-electron chi connectivity index (χ4n) is 3.10. The Hall–Kier alpha value is -0.0700. The van der Waals surface area contributed by atoms with Crippen LogP contribution in [-0.2, 0) is 9.53 Å². The number of hydrogen-bond acceptors (Lipinski definition) is 4. The summed E-state index contributed by atoms with van der Waals surface area (Å²) >= 11 is 0. The number of amides is 1. The molecular weight excluding hydrogens is 325 g/mol. The van der Waals surface area contributed by atoms with Gasteiger partial charge in [-0.3, -0.25) is 4.79 Å². The molecule has 1 saturated heterocycles. The molecule has 2 N–H and O–H groups in total. The molecule has 2 aliphatic rings. The minimum Gasteiger partial charge on any atom is -0.378 e. The van der Waals surface area contributed by atoms with Crippen LogP contribution in [0.5, 0.6) is 0 Å². The Labute approximate surface area is 146 Å². The van der Waals surface area contributed by atoms with Gasteiger partial charge in [0.15, 0.2) is 0 Å². The lowest BCUT2D eigenvalue weighted by Crippen LogP contribution is -2.51. The van der Waals surface area contributed by atoms with Gasteiger partial charge < -0.3 is 20.3 Å². The highest BCUT2D eigenvalue weighted by atomic mass is 35.5. The predicted octanol–water partition coefficient (Wildman–Crippen LogP) is 1.59. The normalized spacial score (nSPS) is 22.5. The van der Waals surface area contributed by atoms with E-state index in [0.29, 0.717) is 13.2 Å². The maximum absolute atomic E-state index is 11.9. The first-order valence-electron chi connectivity index (χ1n) is 8.06. The maximum atomic E-state index is 11.9. The summed E-state index contributed by atoms with van der Waals surface area (Å²) in [5.74, 6) is 0.0741. The van der Waals surface area contributed by atoms with Gasteiger partial charge in [0.1, 0.15) is 6.04 Å². The minimum atomic E-state index is -0.167. The van der Waals surface area contributed by atoms with Crippen LogP contribution in [0.4, 0.5) is 0 Å². The van der Waals surface area contributed by atoms with Crippen LogP contribution >= 0.6 is 24.8 Å². The van der Waals surface area contributed by atoms with Gasteiger partial charge in [0.25, 0.3) is 0 Å². The first-order chi connectivity index (χ1) is 9.77. The number of ether oxygens (including phenoxy) is 1. The quantitative estimate of drug-likeness (QED) is 0.710. The lowest BCUT2D eigenvalue weighted by molar-refractivity contribution is -0.125. The molecule has 0 spiro atoms. The summed E-state index contributed by atoms with van der Waals surface area (Å²) < 4.78 is 5.30. The summed E-state index contributed by atoms with van der Waals surface area (Å²) in [4.78, 5) is 14.3. The lowest BCUT2D eigenvalue weighted by Gasteiger charge is -2.31. The van der Waals surface area contributed by atoms with E-state index in [9.17, 15) is 4.79 Å². The standard InChI is InChI=1S/C15H29N3O2.2ClH/c1-18(13-6-3-2-4-7-13)10-5-8-17-15(19)14-12-20-11-9-16-14;;/h13-14,16H,2-12H2,1H3,(H,17,19);2*1H. The molecule has 1 amide bonds. The first kappa shape index (κ1) is 21.9. The van der Waals surface area contributed by atoms with Crippen LogP contribution in [0, 0.1) is 0 Å². The number of carbonyl (C=O) groups is 1. The summed E-state index contributed by atoms with van der Waals surface area (Å²) in [5, 5.41) is 6.18. The van der Waals surface area contributed by atoms with E-state index in [2.05, 4.69) is 22.6 Å². The number of nitrogens with one attached hydrogen (secondary N) is 2. The summed E-state index contributed by atoms with van der Waals surface area (Å²) in [6, 6.07) is 0.590. The van der Waals surface area contributed by atoms with Crippen molar-refractivity contribution in [1.29, 1.82) is 0 Å². The molecule has 22 heavy (non-hydrogen) atoms. The molecule has 2 fully saturated rings. The van der Waals surface area contributed by atoms with Crippen molar-refractivity contribution < 1.29 is 9.53 Å². The lowest BCUT2D eigenvalue weighted by atomic mass is 9.94. The van der Waals surface area contributed by atoms with Crippen molar-refractivity contribution in [2.75, 3.05) is 39.9 Å². The molecule has 1 atom stereocenters. The third kappa shape index (κ3) is 7.47. The van der Waals surface area contributed by atoms with Crippen LogP contribution < -0.4 is 10.6 Å². The topological polar surface area (TPSA) is 53.6 Å². The zero-order valence-electron chi connectivity index (χ0n) is 13.5. The van der Waals surface area contributed by atoms with Gasteiger partial charge >= 0.3 is 0 Å². The minimum absolute atomic E-state index is 0. The van der Waals surface area contributed by atoms with Gasteiger partial charge in [0.05, 0.1) is 13.2 Å². The zero-order valence-corrected chi connectivity index (χ0v) is 15.1. The Balaban J connectivity index is 0.00000220. The molecule has 0 radical (unpaired) electrons. The molecular formula is C15H31Cl2N3O2. The average Bonchev–Trinajstić information content (AvgIpc) is 2.53. The highest BCUT2D eigenvalue weighted by Crippen LogP contribution is 2.21. The van der Waals surface area contributed by atoms with Crippen molar-refractivity contribution in [3.8, 4) is 0 Å². The van der Waals surface area contributed by atoms with Crippen LogP contribution in [0.1, 0.15) is 38.5 Å². The molecule has 132 valence electrons. The molecule has 1 heterocycles. The summed E-state index contributed by atoms with van der Waals surface area (Å²) in [5.41, 5.74) is 0. The molecule has 5 nitrogen and oxygen atoms in total. The maximum Gasteiger partial charge on any atom is 0.239 e. The second-order valence-corrected chi connectivity index (χ2v) is 6.00. The van der Waals surface area contributed by atoms with Gasteiger partial charge in [-0.2, -0.15) is 0 Å². The van der Waals surface area contributed by atoms with Gasteiger partial charge in [-0.1, -0.05) is 19.3 Å². The summed E-state index contributed by atoms with van der Waals surface area (Å²) in [7, 11) is 2.22. The second-order valence-electron chi connectivity index (χ2n) is 6.00. The molecule has 0 aromatic carbocycles. The fraction of sp³-hybridized carbons (Fsp3) is 0.933. The Bertz CT molecular complexity index is 297. The number of nitrogens with zero attached hydrogens (tertiary/aromatic N) is 1. The zero-order chi connectivity index (χ0) is 14.2. The molecule has 1 aliphatic heterocycles. The molecule has 0 bridgehead atoms. The third-order valence-electron chi connectivity index (χ3n) is 4.42. The second kappa shape index (κ2) is 12.4. The van der Waals surface area contributed by atoms with Crippen molar-refractivity contribution >= 4 is 30.7 Å². The van der Waals surface area contributed by atoms with E-state index in [4.69, 9.17) is 4.74 Å². The Morgan fingerprint density at radius 1 is 1.27 bits per heavy atom. The summed E-state index contributed by atoms with van der Waals surface area (Å²) in [6.45, 7) is 3.79. The smallest absolute Gasteiger partial charge is 0.239 e. The van der Waals surface area contributed by atoms with Crippen molar-refractivity contribution in [2.24, 2.45) is 0 Å². The number of halogens is 2. The van der Waals surface area contributed by atoms with E-state index in [1.54, 1.807) is 0 Å². The van der Waals surface area contributed by atoms with Gasteiger partial charge in [0, 0.05) is 19.1 Å². The van der Waals surface area contributed by atoms with E-state index in [1.807, 2.05) is 0 Å². The van der Waals surface area contributed by atoms with Gasteiger partial charge in [-0.25, -0.2) is 0 Å². The number of hydrogen-bond donors (Lipinski definition) is 2. The monoisotopic (exact) mass is 355 g/mol. The van der Waals surface area contributed by atoms with Gasteiger partial charge in [-0.15, -0.1) is 24.8 Å². The third-order valence-corrected chi connectivity index (χ3v) is 4.42. The van der Waals surface area contributed by atoms with E-state index in [-0.39, 0.29) is 36.8 Å². The van der Waals surface area contributed by atoms with E-state index in [1.165, 1.54) is 32.1 Å².